The second-order valence-electron chi connectivity index (χ2n) is 8.77. The van der Waals surface area contributed by atoms with Crippen LogP contribution in [-0.2, 0) is 9.53 Å². The molecule has 0 bridgehead atoms. The molecular formula is C20H27F9O2. The number of hydrogen-bond donors (Lipinski definition) is 0. The van der Waals surface area contributed by atoms with Gasteiger partial charge in [0, 0.05) is 0 Å². The van der Waals surface area contributed by atoms with Crippen molar-refractivity contribution >= 4 is 5.97 Å². The average Bonchev–Trinajstić information content (AvgIpc) is 2.67. The first-order chi connectivity index (χ1) is 14.1. The van der Waals surface area contributed by atoms with E-state index in [0.717, 1.165) is 38.5 Å². The zero-order chi connectivity index (χ0) is 23.7. The summed E-state index contributed by atoms with van der Waals surface area (Å²) in [4.78, 5) is 11.9. The van der Waals surface area contributed by atoms with Crippen molar-refractivity contribution in [2.45, 2.75) is 95.3 Å². The first kappa shape index (κ1) is 26.1. The molecule has 0 amide bonds. The van der Waals surface area contributed by atoms with Crippen LogP contribution in [0.5, 0.6) is 0 Å². The fourth-order valence-electron chi connectivity index (χ4n) is 4.82. The van der Waals surface area contributed by atoms with Gasteiger partial charge in [-0.1, -0.05) is 32.6 Å². The van der Waals surface area contributed by atoms with Crippen molar-refractivity contribution in [3.8, 4) is 0 Å². The summed E-state index contributed by atoms with van der Waals surface area (Å²) in [6, 6.07) is 0. The number of carbonyl (C=O) groups excluding carboxylic acids is 1. The number of rotatable bonds is 7. The summed E-state index contributed by atoms with van der Waals surface area (Å²) in [5, 5.41) is 0. The van der Waals surface area contributed by atoms with E-state index in [0.29, 0.717) is 24.7 Å². The third-order valence-electron chi connectivity index (χ3n) is 6.70. The molecule has 31 heavy (non-hydrogen) atoms. The maximum atomic E-state index is 13.5. The number of halogens is 9. The van der Waals surface area contributed by atoms with Gasteiger partial charge in [0.2, 0.25) is 0 Å². The van der Waals surface area contributed by atoms with E-state index in [1.54, 1.807) is 0 Å². The van der Waals surface area contributed by atoms with Gasteiger partial charge in [-0.2, -0.15) is 39.5 Å². The molecule has 0 spiro atoms. The highest BCUT2D eigenvalue weighted by molar-refractivity contribution is 5.72. The Morgan fingerprint density at radius 2 is 1.19 bits per heavy atom. The van der Waals surface area contributed by atoms with Crippen LogP contribution in [0.25, 0.3) is 0 Å². The summed E-state index contributed by atoms with van der Waals surface area (Å²) in [7, 11) is 0. The highest BCUT2D eigenvalue weighted by Crippen LogP contribution is 2.53. The smallest absolute Gasteiger partial charge is 0.396 e. The number of alkyl halides is 9. The van der Waals surface area contributed by atoms with Crippen LogP contribution in [0.1, 0.15) is 71.1 Å². The van der Waals surface area contributed by atoms with Gasteiger partial charge in [-0.3, -0.25) is 4.79 Å². The van der Waals surface area contributed by atoms with E-state index < -0.39 is 36.0 Å². The second kappa shape index (κ2) is 9.37. The van der Waals surface area contributed by atoms with Crippen molar-refractivity contribution in [1.29, 1.82) is 0 Å². The molecule has 0 aromatic carbocycles. The monoisotopic (exact) mass is 470 g/mol. The summed E-state index contributed by atoms with van der Waals surface area (Å²) in [5.74, 6) is -15.8. The first-order valence-electron chi connectivity index (χ1n) is 10.6. The van der Waals surface area contributed by atoms with Gasteiger partial charge in [-0.15, -0.1) is 0 Å². The predicted molar refractivity (Wildman–Crippen MR) is 92.8 cm³/mol. The third kappa shape index (κ3) is 5.43. The van der Waals surface area contributed by atoms with Crippen molar-refractivity contribution in [1.82, 2.24) is 0 Å². The lowest BCUT2D eigenvalue weighted by molar-refractivity contribution is -0.435. The van der Waals surface area contributed by atoms with Crippen LogP contribution < -0.4 is 0 Å². The van der Waals surface area contributed by atoms with Crippen molar-refractivity contribution in [2.24, 2.45) is 23.7 Å². The van der Waals surface area contributed by atoms with Crippen LogP contribution in [0.2, 0.25) is 0 Å². The molecule has 2 fully saturated rings. The number of ether oxygens (including phenoxy) is 1. The van der Waals surface area contributed by atoms with Gasteiger partial charge < -0.3 is 4.74 Å². The van der Waals surface area contributed by atoms with Crippen molar-refractivity contribution < 1.29 is 49.0 Å². The van der Waals surface area contributed by atoms with Gasteiger partial charge >= 0.3 is 30.1 Å². The van der Waals surface area contributed by atoms with E-state index >= 15 is 0 Å². The Morgan fingerprint density at radius 1 is 0.742 bits per heavy atom. The zero-order valence-electron chi connectivity index (χ0n) is 17.1. The van der Waals surface area contributed by atoms with Gasteiger partial charge in [0.1, 0.15) is 0 Å². The first-order valence-corrected chi connectivity index (χ1v) is 10.6. The van der Waals surface area contributed by atoms with Gasteiger partial charge in [-0.25, -0.2) is 0 Å². The molecule has 0 atom stereocenters. The van der Waals surface area contributed by atoms with E-state index in [2.05, 4.69) is 11.7 Å². The highest BCUT2D eigenvalue weighted by Gasteiger charge is 2.84. The standard InChI is InChI=1S/C20H27F9O2/c1-2-3-12-4-6-13(7-5-12)14-8-10-15(11-9-14)16(30)31-20(28,29)18(23,24)17(21,22)19(25,26)27/h12-15H,2-11H2,1H3. The Morgan fingerprint density at radius 3 is 1.61 bits per heavy atom. The molecule has 2 rings (SSSR count). The van der Waals surface area contributed by atoms with Crippen LogP contribution in [0.15, 0.2) is 0 Å². The molecular weight excluding hydrogens is 443 g/mol. The van der Waals surface area contributed by atoms with E-state index in [9.17, 15) is 44.3 Å². The topological polar surface area (TPSA) is 26.3 Å². The molecule has 2 nitrogen and oxygen atoms in total. The van der Waals surface area contributed by atoms with Crippen LogP contribution in [0, 0.1) is 23.7 Å². The van der Waals surface area contributed by atoms with Gasteiger partial charge in [0.15, 0.2) is 0 Å². The van der Waals surface area contributed by atoms with E-state index in [1.807, 2.05) is 0 Å². The zero-order valence-corrected chi connectivity index (χ0v) is 17.1. The van der Waals surface area contributed by atoms with Crippen LogP contribution in [-0.4, -0.2) is 30.1 Å². The highest BCUT2D eigenvalue weighted by atomic mass is 19.4. The minimum Gasteiger partial charge on any atom is -0.396 e. The molecule has 0 aromatic heterocycles. The molecule has 0 radical (unpaired) electrons. The Kier molecular flexibility index (Phi) is 7.89. The molecule has 2 aliphatic rings. The van der Waals surface area contributed by atoms with E-state index in [4.69, 9.17) is 0 Å². The molecule has 0 aromatic rings. The minimum atomic E-state index is -7.07. The fraction of sp³-hybridized carbons (Fsp3) is 0.950. The van der Waals surface area contributed by atoms with Crippen LogP contribution in [0.3, 0.4) is 0 Å². The summed E-state index contributed by atoms with van der Waals surface area (Å²) < 4.78 is 119. The third-order valence-corrected chi connectivity index (χ3v) is 6.70. The molecule has 0 heterocycles. The van der Waals surface area contributed by atoms with Crippen molar-refractivity contribution in [3.05, 3.63) is 0 Å². The number of carbonyl (C=O) groups is 1. The Hall–Kier alpha value is -1.16. The van der Waals surface area contributed by atoms with Gasteiger partial charge in [0.25, 0.3) is 0 Å². The summed E-state index contributed by atoms with van der Waals surface area (Å²) in [6.07, 6.45) is -5.76. The number of esters is 1. The largest absolute Gasteiger partial charge is 0.473 e. The summed E-state index contributed by atoms with van der Waals surface area (Å²) in [6.45, 7) is 2.12. The lowest BCUT2D eigenvalue weighted by atomic mass is 9.69. The SMILES string of the molecule is CCCC1CCC(C2CCC(C(=O)OC(F)(F)C(F)(F)C(F)(F)C(F)(F)F)CC2)CC1. The molecule has 182 valence electrons. The summed E-state index contributed by atoms with van der Waals surface area (Å²) >= 11 is 0. The maximum absolute atomic E-state index is 13.5. The molecule has 2 aliphatic carbocycles. The Balaban J connectivity index is 1.91. The maximum Gasteiger partial charge on any atom is 0.473 e. The Bertz CT molecular complexity index is 602. The average molecular weight is 470 g/mol. The summed E-state index contributed by atoms with van der Waals surface area (Å²) in [5.41, 5.74) is 0. The molecule has 2 saturated carbocycles. The Labute approximate surface area is 174 Å². The van der Waals surface area contributed by atoms with Crippen LogP contribution >= 0.6 is 0 Å². The van der Waals surface area contributed by atoms with Gasteiger partial charge in [-0.05, 0) is 56.3 Å². The molecule has 0 aliphatic heterocycles. The number of hydrogen-bond acceptors (Lipinski definition) is 2. The van der Waals surface area contributed by atoms with Gasteiger partial charge in [0.05, 0.1) is 5.92 Å². The minimum absolute atomic E-state index is 0.0374. The second-order valence-corrected chi connectivity index (χ2v) is 8.77. The van der Waals surface area contributed by atoms with Crippen LogP contribution in [0.4, 0.5) is 39.5 Å². The molecule has 0 N–H and O–H groups in total. The molecule has 11 heteroatoms. The lowest BCUT2D eigenvalue weighted by Gasteiger charge is -2.38. The molecule has 0 unspecified atom stereocenters. The van der Waals surface area contributed by atoms with E-state index in [1.165, 1.54) is 0 Å². The van der Waals surface area contributed by atoms with Crippen molar-refractivity contribution in [2.75, 3.05) is 0 Å². The lowest BCUT2D eigenvalue weighted by Crippen LogP contribution is -2.62. The van der Waals surface area contributed by atoms with Crippen molar-refractivity contribution in [3.63, 3.8) is 0 Å². The fourth-order valence-corrected chi connectivity index (χ4v) is 4.82. The predicted octanol–water partition coefficient (Wildman–Crippen LogP) is 7.37. The quantitative estimate of drug-likeness (QED) is 0.287. The normalized spacial score (nSPS) is 29.0. The molecule has 0 saturated heterocycles. The van der Waals surface area contributed by atoms with E-state index in [-0.39, 0.29) is 18.8 Å².